The van der Waals surface area contributed by atoms with Gasteiger partial charge in [0.2, 0.25) is 0 Å². The molecule has 1 aliphatic rings. The van der Waals surface area contributed by atoms with Crippen molar-refractivity contribution in [2.75, 3.05) is 6.61 Å². The maximum Gasteiger partial charge on any atom is 0.308 e. The molecule has 0 radical (unpaired) electrons. The van der Waals surface area contributed by atoms with E-state index >= 15 is 0 Å². The van der Waals surface area contributed by atoms with Crippen LogP contribution in [-0.2, 0) is 28.9 Å². The lowest BCUT2D eigenvalue weighted by Gasteiger charge is -2.16. The summed E-state index contributed by atoms with van der Waals surface area (Å²) < 4.78 is 6.92. The van der Waals surface area contributed by atoms with Crippen LogP contribution in [0.1, 0.15) is 52.1 Å². The number of rotatable bonds is 6. The van der Waals surface area contributed by atoms with Gasteiger partial charge in [-0.2, -0.15) is 5.10 Å². The second-order valence-electron chi connectivity index (χ2n) is 6.67. The number of ketones is 1. The number of fused-ring (bicyclic) bond motifs is 1. The lowest BCUT2D eigenvalue weighted by atomic mass is 9.90. The topological polar surface area (TPSA) is 61.2 Å². The molecule has 0 unspecified atom stereocenters. The minimum absolute atomic E-state index is 0.146. The van der Waals surface area contributed by atoms with Crippen molar-refractivity contribution in [2.24, 2.45) is 0 Å². The number of carbonyl (C=O) groups excluding carboxylic acids is 2. The van der Waals surface area contributed by atoms with Crippen molar-refractivity contribution in [3.8, 4) is 0 Å². The van der Waals surface area contributed by atoms with E-state index in [1.807, 2.05) is 38.1 Å². The third kappa shape index (κ3) is 4.35. The summed E-state index contributed by atoms with van der Waals surface area (Å²) in [4.78, 5) is 24.2. The molecular weight excluding hydrogens is 316 g/mol. The highest BCUT2D eigenvalue weighted by atomic mass is 16.5. The van der Waals surface area contributed by atoms with E-state index in [1.54, 1.807) is 4.68 Å². The van der Waals surface area contributed by atoms with Crippen molar-refractivity contribution in [2.45, 2.75) is 52.5 Å². The standard InChI is InChI=1S/C20H24N2O3/c1-14-11-15(2)22(21-14)10-9-20(24)25-13-19(23)18-8-7-16-5-3-4-6-17(16)12-18/h7-8,11-12H,3-6,9-10,13H2,1-2H3. The predicted octanol–water partition coefficient (Wildman–Crippen LogP) is 3.19. The van der Waals surface area contributed by atoms with Gasteiger partial charge in [-0.15, -0.1) is 0 Å². The first-order chi connectivity index (χ1) is 12.0. The van der Waals surface area contributed by atoms with Crippen molar-refractivity contribution in [1.82, 2.24) is 9.78 Å². The first-order valence-corrected chi connectivity index (χ1v) is 8.84. The average molecular weight is 340 g/mol. The number of esters is 1. The van der Waals surface area contributed by atoms with Crippen molar-refractivity contribution in [1.29, 1.82) is 0 Å². The number of hydrogen-bond donors (Lipinski definition) is 0. The van der Waals surface area contributed by atoms with E-state index in [4.69, 9.17) is 4.74 Å². The average Bonchev–Trinajstić information content (AvgIpc) is 2.94. The zero-order chi connectivity index (χ0) is 17.8. The molecule has 0 saturated carbocycles. The molecule has 0 N–H and O–H groups in total. The summed E-state index contributed by atoms with van der Waals surface area (Å²) in [5.74, 6) is -0.522. The number of nitrogens with zero attached hydrogens (tertiary/aromatic N) is 2. The summed E-state index contributed by atoms with van der Waals surface area (Å²) in [5.41, 5.74) is 5.16. The number of hydrogen-bond acceptors (Lipinski definition) is 4. The first-order valence-electron chi connectivity index (χ1n) is 8.84. The van der Waals surface area contributed by atoms with Crippen molar-refractivity contribution in [3.05, 3.63) is 52.3 Å². The molecule has 0 atom stereocenters. The molecule has 5 nitrogen and oxygen atoms in total. The van der Waals surface area contributed by atoms with Gasteiger partial charge in [-0.3, -0.25) is 14.3 Å². The van der Waals surface area contributed by atoms with E-state index in [0.29, 0.717) is 12.1 Å². The van der Waals surface area contributed by atoms with Gasteiger partial charge in [0.05, 0.1) is 18.7 Å². The number of aromatic nitrogens is 2. The van der Waals surface area contributed by atoms with E-state index in [9.17, 15) is 9.59 Å². The lowest BCUT2D eigenvalue weighted by Crippen LogP contribution is -2.17. The second kappa shape index (κ2) is 7.64. The zero-order valence-corrected chi connectivity index (χ0v) is 14.9. The highest BCUT2D eigenvalue weighted by Crippen LogP contribution is 2.22. The maximum absolute atomic E-state index is 12.3. The zero-order valence-electron chi connectivity index (χ0n) is 14.9. The van der Waals surface area contributed by atoms with Crippen LogP contribution in [-0.4, -0.2) is 28.1 Å². The fourth-order valence-corrected chi connectivity index (χ4v) is 3.31. The molecule has 0 amide bonds. The summed E-state index contributed by atoms with van der Waals surface area (Å²) >= 11 is 0. The Morgan fingerprint density at radius 2 is 1.88 bits per heavy atom. The van der Waals surface area contributed by atoms with Crippen LogP contribution in [0.4, 0.5) is 0 Å². The van der Waals surface area contributed by atoms with Crippen LogP contribution in [0.25, 0.3) is 0 Å². The van der Waals surface area contributed by atoms with Gasteiger partial charge in [0, 0.05) is 11.3 Å². The monoisotopic (exact) mass is 340 g/mol. The Morgan fingerprint density at radius 1 is 1.12 bits per heavy atom. The molecule has 1 aromatic heterocycles. The highest BCUT2D eigenvalue weighted by molar-refractivity contribution is 5.98. The van der Waals surface area contributed by atoms with Gasteiger partial charge >= 0.3 is 5.97 Å². The smallest absolute Gasteiger partial charge is 0.308 e. The molecular formula is C20H24N2O3. The number of Topliss-reactive ketones (excluding diaryl/α,β-unsaturated/α-hetero) is 1. The van der Waals surface area contributed by atoms with Crippen LogP contribution < -0.4 is 0 Å². The summed E-state index contributed by atoms with van der Waals surface area (Å²) in [5, 5.41) is 4.31. The normalized spacial score (nSPS) is 13.4. The molecule has 1 aromatic carbocycles. The molecule has 5 heteroatoms. The molecule has 132 valence electrons. The minimum atomic E-state index is -0.376. The van der Waals surface area contributed by atoms with Crippen LogP contribution in [0.15, 0.2) is 24.3 Å². The fourth-order valence-electron chi connectivity index (χ4n) is 3.31. The predicted molar refractivity (Wildman–Crippen MR) is 94.7 cm³/mol. The lowest BCUT2D eigenvalue weighted by molar-refractivity contribution is -0.142. The first kappa shape index (κ1) is 17.4. The Bertz CT molecular complexity index is 792. The SMILES string of the molecule is Cc1cc(C)n(CCC(=O)OCC(=O)c2ccc3c(c2)CCCC3)n1. The Hall–Kier alpha value is -2.43. The van der Waals surface area contributed by atoms with Gasteiger partial charge in [0.25, 0.3) is 0 Å². The van der Waals surface area contributed by atoms with Gasteiger partial charge in [0.1, 0.15) is 0 Å². The largest absolute Gasteiger partial charge is 0.457 e. The van der Waals surface area contributed by atoms with Crippen molar-refractivity contribution in [3.63, 3.8) is 0 Å². The number of aryl methyl sites for hydroxylation is 5. The van der Waals surface area contributed by atoms with Crippen LogP contribution in [0.2, 0.25) is 0 Å². The molecule has 0 aliphatic heterocycles. The molecule has 1 heterocycles. The fraction of sp³-hybridized carbons (Fsp3) is 0.450. The highest BCUT2D eigenvalue weighted by Gasteiger charge is 2.14. The van der Waals surface area contributed by atoms with Gasteiger partial charge < -0.3 is 4.74 Å². The third-order valence-electron chi connectivity index (χ3n) is 4.67. The quantitative estimate of drug-likeness (QED) is 0.598. The Kier molecular flexibility index (Phi) is 5.31. The summed E-state index contributed by atoms with van der Waals surface area (Å²) in [6.07, 6.45) is 4.71. The Labute approximate surface area is 148 Å². The van der Waals surface area contributed by atoms with Crippen LogP contribution in [0.5, 0.6) is 0 Å². The molecule has 2 aromatic rings. The van der Waals surface area contributed by atoms with Gasteiger partial charge in [-0.1, -0.05) is 12.1 Å². The van der Waals surface area contributed by atoms with Crippen LogP contribution in [0.3, 0.4) is 0 Å². The van der Waals surface area contributed by atoms with E-state index in [-0.39, 0.29) is 24.8 Å². The number of benzene rings is 1. The van der Waals surface area contributed by atoms with E-state index < -0.39 is 0 Å². The molecule has 1 aliphatic carbocycles. The van der Waals surface area contributed by atoms with E-state index in [0.717, 1.165) is 24.2 Å². The molecule has 3 rings (SSSR count). The summed E-state index contributed by atoms with van der Waals surface area (Å²) in [6, 6.07) is 7.80. The van der Waals surface area contributed by atoms with Crippen molar-refractivity contribution >= 4 is 11.8 Å². The van der Waals surface area contributed by atoms with E-state index in [2.05, 4.69) is 5.10 Å². The number of ether oxygens (including phenoxy) is 1. The van der Waals surface area contributed by atoms with Crippen molar-refractivity contribution < 1.29 is 14.3 Å². The summed E-state index contributed by atoms with van der Waals surface area (Å²) in [6.45, 7) is 4.13. The molecule has 0 fully saturated rings. The molecule has 0 spiro atoms. The molecule has 0 saturated heterocycles. The third-order valence-corrected chi connectivity index (χ3v) is 4.67. The van der Waals surface area contributed by atoms with Gasteiger partial charge in [-0.25, -0.2) is 0 Å². The maximum atomic E-state index is 12.3. The van der Waals surface area contributed by atoms with E-state index in [1.165, 1.54) is 24.0 Å². The second-order valence-corrected chi connectivity index (χ2v) is 6.67. The van der Waals surface area contributed by atoms with Crippen LogP contribution in [0, 0.1) is 13.8 Å². The Morgan fingerprint density at radius 3 is 2.60 bits per heavy atom. The van der Waals surface area contributed by atoms with Crippen LogP contribution >= 0.6 is 0 Å². The molecule has 25 heavy (non-hydrogen) atoms. The minimum Gasteiger partial charge on any atom is -0.457 e. The summed E-state index contributed by atoms with van der Waals surface area (Å²) in [7, 11) is 0. The van der Waals surface area contributed by atoms with Gasteiger partial charge in [0.15, 0.2) is 12.4 Å². The molecule has 0 bridgehead atoms. The van der Waals surface area contributed by atoms with Gasteiger partial charge in [-0.05, 0) is 62.8 Å². The number of carbonyl (C=O) groups is 2. The Balaban J connectivity index is 1.50.